The largest absolute Gasteiger partial charge is 0.331 e. The maximum Gasteiger partial charge on any atom is 0.245 e. The van der Waals surface area contributed by atoms with Crippen molar-refractivity contribution in [2.75, 3.05) is 19.6 Å². The predicted molar refractivity (Wildman–Crippen MR) is 67.8 cm³/mol. The van der Waals surface area contributed by atoms with Crippen molar-refractivity contribution in [3.8, 4) is 0 Å². The van der Waals surface area contributed by atoms with E-state index in [-0.39, 0.29) is 17.9 Å². The van der Waals surface area contributed by atoms with Crippen molar-refractivity contribution in [3.05, 3.63) is 0 Å². The summed E-state index contributed by atoms with van der Waals surface area (Å²) >= 11 is 0. The van der Waals surface area contributed by atoms with E-state index in [2.05, 4.69) is 6.92 Å². The summed E-state index contributed by atoms with van der Waals surface area (Å²) in [6.45, 7) is 4.08. The van der Waals surface area contributed by atoms with Gasteiger partial charge in [0.15, 0.2) is 0 Å². The van der Waals surface area contributed by atoms with Gasteiger partial charge in [-0.2, -0.15) is 0 Å². The van der Waals surface area contributed by atoms with Gasteiger partial charge in [0.1, 0.15) is 6.04 Å². The normalized spacial score (nSPS) is 30.4. The van der Waals surface area contributed by atoms with E-state index in [1.54, 1.807) is 0 Å². The summed E-state index contributed by atoms with van der Waals surface area (Å²) in [6, 6.07) is -0.147. The molecule has 2 aliphatic heterocycles. The number of nitrogens with zero attached hydrogens (tertiary/aromatic N) is 2. The summed E-state index contributed by atoms with van der Waals surface area (Å²) in [5, 5.41) is 0. The minimum atomic E-state index is -0.147. The van der Waals surface area contributed by atoms with E-state index < -0.39 is 0 Å². The Labute approximate surface area is 108 Å². The molecule has 18 heavy (non-hydrogen) atoms. The Morgan fingerprint density at radius 1 is 1.22 bits per heavy atom. The first-order valence-electron chi connectivity index (χ1n) is 7.25. The van der Waals surface area contributed by atoms with Gasteiger partial charge in [0.2, 0.25) is 11.8 Å². The molecule has 0 aromatic carbocycles. The second-order valence-electron chi connectivity index (χ2n) is 6.13. The third-order valence-electron chi connectivity index (χ3n) is 4.68. The lowest BCUT2D eigenvalue weighted by Crippen LogP contribution is -2.61. The first kappa shape index (κ1) is 12.0. The topological polar surface area (TPSA) is 40.6 Å². The van der Waals surface area contributed by atoms with Crippen LogP contribution in [0.25, 0.3) is 0 Å². The van der Waals surface area contributed by atoms with Crippen LogP contribution in [0.2, 0.25) is 0 Å². The monoisotopic (exact) mass is 250 g/mol. The highest BCUT2D eigenvalue weighted by atomic mass is 16.2. The molecule has 1 aliphatic carbocycles. The predicted octanol–water partition coefficient (Wildman–Crippen LogP) is 1.26. The molecule has 2 amide bonds. The number of piperidine rings is 1. The van der Waals surface area contributed by atoms with E-state index in [0.29, 0.717) is 12.5 Å². The number of hydrogen-bond donors (Lipinski definition) is 0. The van der Waals surface area contributed by atoms with Gasteiger partial charge < -0.3 is 9.80 Å². The quantitative estimate of drug-likeness (QED) is 0.756. The second-order valence-corrected chi connectivity index (χ2v) is 6.13. The molecule has 100 valence electrons. The van der Waals surface area contributed by atoms with E-state index in [1.807, 2.05) is 9.80 Å². The van der Waals surface area contributed by atoms with Gasteiger partial charge >= 0.3 is 0 Å². The molecule has 4 heteroatoms. The lowest BCUT2D eigenvalue weighted by Gasteiger charge is -2.43. The van der Waals surface area contributed by atoms with Crippen LogP contribution in [-0.4, -0.2) is 47.3 Å². The van der Waals surface area contributed by atoms with E-state index in [0.717, 1.165) is 38.3 Å². The Morgan fingerprint density at radius 2 is 2.00 bits per heavy atom. The molecule has 0 aromatic heterocycles. The number of piperazine rings is 1. The third-order valence-corrected chi connectivity index (χ3v) is 4.68. The molecule has 0 bridgehead atoms. The molecular weight excluding hydrogens is 228 g/mol. The van der Waals surface area contributed by atoms with Gasteiger partial charge in [-0.1, -0.05) is 6.92 Å². The maximum atomic E-state index is 12.4. The van der Waals surface area contributed by atoms with Crippen molar-refractivity contribution >= 4 is 11.8 Å². The van der Waals surface area contributed by atoms with E-state index in [1.165, 1.54) is 12.8 Å². The molecule has 1 saturated carbocycles. The van der Waals surface area contributed by atoms with Gasteiger partial charge in [-0.15, -0.1) is 0 Å². The fourth-order valence-corrected chi connectivity index (χ4v) is 3.35. The van der Waals surface area contributed by atoms with Crippen molar-refractivity contribution in [1.29, 1.82) is 0 Å². The summed E-state index contributed by atoms with van der Waals surface area (Å²) in [5.41, 5.74) is 0. The van der Waals surface area contributed by atoms with E-state index >= 15 is 0 Å². The van der Waals surface area contributed by atoms with Gasteiger partial charge in [-0.05, 0) is 43.9 Å². The SMILES string of the molecule is CC(CN1CC(=O)N2CCCCC2C1=O)C1CC1. The van der Waals surface area contributed by atoms with Crippen LogP contribution >= 0.6 is 0 Å². The number of amides is 2. The van der Waals surface area contributed by atoms with Gasteiger partial charge in [-0.3, -0.25) is 9.59 Å². The molecule has 0 spiro atoms. The van der Waals surface area contributed by atoms with Gasteiger partial charge in [0.05, 0.1) is 6.54 Å². The van der Waals surface area contributed by atoms with Crippen LogP contribution in [0.4, 0.5) is 0 Å². The molecule has 0 radical (unpaired) electrons. The van der Waals surface area contributed by atoms with Crippen molar-refractivity contribution < 1.29 is 9.59 Å². The Bertz CT molecular complexity index is 365. The summed E-state index contributed by atoms with van der Waals surface area (Å²) in [4.78, 5) is 28.1. The first-order valence-corrected chi connectivity index (χ1v) is 7.25. The Kier molecular flexibility index (Phi) is 3.04. The van der Waals surface area contributed by atoms with Gasteiger partial charge in [-0.25, -0.2) is 0 Å². The Hall–Kier alpha value is -1.06. The Morgan fingerprint density at radius 3 is 2.72 bits per heavy atom. The minimum absolute atomic E-state index is 0.147. The Balaban J connectivity index is 1.68. The number of hydrogen-bond acceptors (Lipinski definition) is 2. The number of rotatable bonds is 3. The average Bonchev–Trinajstić information content (AvgIpc) is 3.20. The summed E-state index contributed by atoms with van der Waals surface area (Å²) in [7, 11) is 0. The maximum absolute atomic E-state index is 12.4. The number of carbonyl (C=O) groups excluding carboxylic acids is 2. The highest BCUT2D eigenvalue weighted by Gasteiger charge is 2.41. The highest BCUT2D eigenvalue weighted by Crippen LogP contribution is 2.37. The molecule has 3 fully saturated rings. The van der Waals surface area contributed by atoms with Crippen molar-refractivity contribution in [3.63, 3.8) is 0 Å². The summed E-state index contributed by atoms with van der Waals surface area (Å²) < 4.78 is 0. The lowest BCUT2D eigenvalue weighted by molar-refractivity contribution is -0.158. The summed E-state index contributed by atoms with van der Waals surface area (Å²) in [6.07, 6.45) is 5.58. The molecule has 0 aromatic rings. The van der Waals surface area contributed by atoms with Crippen LogP contribution in [0, 0.1) is 11.8 Å². The number of fused-ring (bicyclic) bond motifs is 1. The average molecular weight is 250 g/mol. The molecule has 2 atom stereocenters. The van der Waals surface area contributed by atoms with Crippen molar-refractivity contribution in [2.45, 2.75) is 45.1 Å². The van der Waals surface area contributed by atoms with Crippen LogP contribution in [0.3, 0.4) is 0 Å². The lowest BCUT2D eigenvalue weighted by atomic mass is 9.97. The van der Waals surface area contributed by atoms with Crippen LogP contribution in [0.5, 0.6) is 0 Å². The third kappa shape index (κ3) is 2.13. The zero-order valence-corrected chi connectivity index (χ0v) is 11.1. The van der Waals surface area contributed by atoms with Crippen LogP contribution in [-0.2, 0) is 9.59 Å². The second kappa shape index (κ2) is 4.56. The highest BCUT2D eigenvalue weighted by molar-refractivity contribution is 5.95. The molecular formula is C14H22N2O2. The fourth-order valence-electron chi connectivity index (χ4n) is 3.35. The fraction of sp³-hybridized carbons (Fsp3) is 0.857. The molecule has 2 unspecified atom stereocenters. The molecule has 0 N–H and O–H groups in total. The van der Waals surface area contributed by atoms with Crippen LogP contribution < -0.4 is 0 Å². The standard InChI is InChI=1S/C14H22N2O2/c1-10(11-5-6-11)8-15-9-13(17)16-7-3-2-4-12(16)14(15)18/h10-12H,2-9H2,1H3. The smallest absolute Gasteiger partial charge is 0.245 e. The molecule has 2 heterocycles. The zero-order valence-electron chi connectivity index (χ0n) is 11.1. The zero-order chi connectivity index (χ0) is 12.7. The van der Waals surface area contributed by atoms with Crippen molar-refractivity contribution in [1.82, 2.24) is 9.80 Å². The summed E-state index contributed by atoms with van der Waals surface area (Å²) in [5.74, 6) is 1.69. The molecule has 3 aliphatic rings. The van der Waals surface area contributed by atoms with Gasteiger partial charge in [0, 0.05) is 13.1 Å². The van der Waals surface area contributed by atoms with E-state index in [9.17, 15) is 9.59 Å². The molecule has 4 nitrogen and oxygen atoms in total. The van der Waals surface area contributed by atoms with Crippen LogP contribution in [0.15, 0.2) is 0 Å². The van der Waals surface area contributed by atoms with Crippen molar-refractivity contribution in [2.24, 2.45) is 11.8 Å². The van der Waals surface area contributed by atoms with Gasteiger partial charge in [0.25, 0.3) is 0 Å². The number of carbonyl (C=O) groups is 2. The molecule has 3 rings (SSSR count). The first-order chi connectivity index (χ1) is 8.66. The van der Waals surface area contributed by atoms with E-state index in [4.69, 9.17) is 0 Å². The molecule has 2 saturated heterocycles. The van der Waals surface area contributed by atoms with Crippen LogP contribution in [0.1, 0.15) is 39.0 Å². The minimum Gasteiger partial charge on any atom is -0.331 e.